The zero-order valence-corrected chi connectivity index (χ0v) is 10.4. The lowest BCUT2D eigenvalue weighted by molar-refractivity contribution is 0.145. The van der Waals surface area contributed by atoms with E-state index in [4.69, 9.17) is 5.73 Å². The van der Waals surface area contributed by atoms with Crippen LogP contribution in [0.5, 0.6) is 0 Å². The van der Waals surface area contributed by atoms with Gasteiger partial charge < -0.3 is 15.7 Å². The van der Waals surface area contributed by atoms with Gasteiger partial charge in [0.25, 0.3) is 0 Å². The summed E-state index contributed by atoms with van der Waals surface area (Å²) in [5.74, 6) is 0. The Bertz CT molecular complexity index is 123. The highest BCUT2D eigenvalue weighted by atomic mass is 16.3. The van der Waals surface area contributed by atoms with Crippen molar-refractivity contribution >= 4 is 0 Å². The Kier molecular flexibility index (Phi) is 10.3. The Balaban J connectivity index is 3.67. The summed E-state index contributed by atoms with van der Waals surface area (Å²) in [6, 6.07) is 0. The molecule has 0 aliphatic rings. The molecule has 0 heterocycles. The molecule has 0 saturated heterocycles. The molecule has 0 spiro atoms. The van der Waals surface area contributed by atoms with Crippen molar-refractivity contribution in [2.45, 2.75) is 52.1 Å². The van der Waals surface area contributed by atoms with Crippen molar-refractivity contribution in [2.24, 2.45) is 5.73 Å². The number of aliphatic hydroxyl groups excluding tert-OH is 1. The maximum Gasteiger partial charge on any atom is 0.0674 e. The molecule has 0 aliphatic heterocycles. The van der Waals surface area contributed by atoms with Crippen molar-refractivity contribution in [1.82, 2.24) is 4.90 Å². The predicted octanol–water partition coefficient (Wildman–Crippen LogP) is 1.60. The summed E-state index contributed by atoms with van der Waals surface area (Å²) in [5, 5.41) is 9.41. The number of nitrogens with two attached hydrogens (primary N) is 1. The van der Waals surface area contributed by atoms with Crippen LogP contribution in [0.4, 0.5) is 0 Å². The first-order valence-electron chi connectivity index (χ1n) is 6.35. The van der Waals surface area contributed by atoms with E-state index in [1.165, 1.54) is 25.7 Å². The molecule has 0 saturated carbocycles. The fourth-order valence-electron chi connectivity index (χ4n) is 1.55. The molecule has 0 amide bonds. The molecule has 0 radical (unpaired) electrons. The minimum atomic E-state index is -0.323. The van der Waals surface area contributed by atoms with Gasteiger partial charge in [0.1, 0.15) is 0 Å². The Morgan fingerprint density at radius 2 is 1.60 bits per heavy atom. The lowest BCUT2D eigenvalue weighted by atomic mass is 10.2. The van der Waals surface area contributed by atoms with Crippen LogP contribution < -0.4 is 5.73 Å². The molecular weight excluding hydrogens is 188 g/mol. The number of aliphatic hydroxyl groups is 1. The Morgan fingerprint density at radius 3 is 2.00 bits per heavy atom. The molecule has 1 unspecified atom stereocenters. The first-order chi connectivity index (χ1) is 7.24. The van der Waals surface area contributed by atoms with E-state index in [-0.39, 0.29) is 6.10 Å². The SMILES string of the molecule is CCCCN(CCCC)CCC(O)CN. The zero-order valence-electron chi connectivity index (χ0n) is 10.4. The fourth-order valence-corrected chi connectivity index (χ4v) is 1.55. The van der Waals surface area contributed by atoms with E-state index in [1.54, 1.807) is 0 Å². The van der Waals surface area contributed by atoms with Crippen molar-refractivity contribution < 1.29 is 5.11 Å². The molecule has 3 nitrogen and oxygen atoms in total. The van der Waals surface area contributed by atoms with Gasteiger partial charge >= 0.3 is 0 Å². The number of hydrogen-bond acceptors (Lipinski definition) is 3. The topological polar surface area (TPSA) is 49.5 Å². The molecular formula is C12H28N2O. The molecule has 0 aromatic rings. The Morgan fingerprint density at radius 1 is 1.07 bits per heavy atom. The number of nitrogens with zero attached hydrogens (tertiary/aromatic N) is 1. The van der Waals surface area contributed by atoms with Gasteiger partial charge in [-0.2, -0.15) is 0 Å². The summed E-state index contributed by atoms with van der Waals surface area (Å²) in [6.07, 6.45) is 5.47. The van der Waals surface area contributed by atoms with E-state index in [0.717, 1.165) is 26.1 Å². The second-order valence-corrected chi connectivity index (χ2v) is 4.23. The normalized spacial score (nSPS) is 13.4. The molecule has 0 rings (SSSR count). The zero-order chi connectivity index (χ0) is 11.5. The van der Waals surface area contributed by atoms with Gasteiger partial charge in [-0.15, -0.1) is 0 Å². The lowest BCUT2D eigenvalue weighted by Gasteiger charge is -2.22. The van der Waals surface area contributed by atoms with Crippen LogP contribution in [0.1, 0.15) is 46.0 Å². The molecule has 3 heteroatoms. The van der Waals surface area contributed by atoms with Gasteiger partial charge in [-0.1, -0.05) is 26.7 Å². The molecule has 1 atom stereocenters. The van der Waals surface area contributed by atoms with Crippen LogP contribution in [0.25, 0.3) is 0 Å². The van der Waals surface area contributed by atoms with E-state index < -0.39 is 0 Å². The quantitative estimate of drug-likeness (QED) is 0.583. The van der Waals surface area contributed by atoms with E-state index in [1.807, 2.05) is 0 Å². The van der Waals surface area contributed by atoms with Crippen molar-refractivity contribution in [3.63, 3.8) is 0 Å². The van der Waals surface area contributed by atoms with Gasteiger partial charge in [0.2, 0.25) is 0 Å². The predicted molar refractivity (Wildman–Crippen MR) is 65.9 cm³/mol. The van der Waals surface area contributed by atoms with E-state index in [2.05, 4.69) is 18.7 Å². The van der Waals surface area contributed by atoms with Gasteiger partial charge in [0, 0.05) is 13.1 Å². The third kappa shape index (κ3) is 8.85. The minimum Gasteiger partial charge on any atom is -0.392 e. The minimum absolute atomic E-state index is 0.323. The molecule has 15 heavy (non-hydrogen) atoms. The third-order valence-electron chi connectivity index (χ3n) is 2.71. The van der Waals surface area contributed by atoms with Crippen LogP contribution in [0.15, 0.2) is 0 Å². The third-order valence-corrected chi connectivity index (χ3v) is 2.71. The van der Waals surface area contributed by atoms with Crippen LogP contribution >= 0.6 is 0 Å². The van der Waals surface area contributed by atoms with Crippen molar-refractivity contribution in [3.05, 3.63) is 0 Å². The second kappa shape index (κ2) is 10.4. The largest absolute Gasteiger partial charge is 0.392 e. The molecule has 0 aromatic heterocycles. The fraction of sp³-hybridized carbons (Fsp3) is 1.00. The monoisotopic (exact) mass is 216 g/mol. The summed E-state index contributed by atoms with van der Waals surface area (Å²) in [6.45, 7) is 8.12. The van der Waals surface area contributed by atoms with Gasteiger partial charge in [-0.05, 0) is 32.4 Å². The summed E-state index contributed by atoms with van der Waals surface area (Å²) >= 11 is 0. The van der Waals surface area contributed by atoms with Gasteiger partial charge in [-0.25, -0.2) is 0 Å². The van der Waals surface area contributed by atoms with Crippen molar-refractivity contribution in [2.75, 3.05) is 26.2 Å². The number of unbranched alkanes of at least 4 members (excludes halogenated alkanes) is 2. The van der Waals surface area contributed by atoms with Gasteiger partial charge in [0.15, 0.2) is 0 Å². The highest BCUT2D eigenvalue weighted by molar-refractivity contribution is 4.63. The van der Waals surface area contributed by atoms with Crippen molar-refractivity contribution in [1.29, 1.82) is 0 Å². The van der Waals surface area contributed by atoms with Crippen LogP contribution in [-0.2, 0) is 0 Å². The van der Waals surface area contributed by atoms with Crippen LogP contribution in [-0.4, -0.2) is 42.3 Å². The smallest absolute Gasteiger partial charge is 0.0674 e. The summed E-state index contributed by atoms with van der Waals surface area (Å²) < 4.78 is 0. The van der Waals surface area contributed by atoms with E-state index in [0.29, 0.717) is 6.54 Å². The van der Waals surface area contributed by atoms with Gasteiger partial charge in [-0.3, -0.25) is 0 Å². The number of hydrogen-bond donors (Lipinski definition) is 2. The maximum absolute atomic E-state index is 9.41. The Labute approximate surface area is 94.6 Å². The molecule has 92 valence electrons. The first-order valence-corrected chi connectivity index (χ1v) is 6.35. The Hall–Kier alpha value is -0.120. The lowest BCUT2D eigenvalue weighted by Crippen LogP contribution is -2.31. The highest BCUT2D eigenvalue weighted by Crippen LogP contribution is 2.02. The average molecular weight is 216 g/mol. The molecule has 3 N–H and O–H groups in total. The van der Waals surface area contributed by atoms with Crippen molar-refractivity contribution in [3.8, 4) is 0 Å². The average Bonchev–Trinajstić information content (AvgIpc) is 2.27. The van der Waals surface area contributed by atoms with E-state index >= 15 is 0 Å². The van der Waals surface area contributed by atoms with Crippen LogP contribution in [0.2, 0.25) is 0 Å². The first kappa shape index (κ1) is 14.9. The molecule has 0 aliphatic carbocycles. The molecule has 0 bridgehead atoms. The van der Waals surface area contributed by atoms with Crippen LogP contribution in [0, 0.1) is 0 Å². The molecule has 0 fully saturated rings. The van der Waals surface area contributed by atoms with Crippen LogP contribution in [0.3, 0.4) is 0 Å². The maximum atomic E-state index is 9.41. The second-order valence-electron chi connectivity index (χ2n) is 4.23. The summed E-state index contributed by atoms with van der Waals surface area (Å²) in [4.78, 5) is 2.45. The van der Waals surface area contributed by atoms with Gasteiger partial charge in [0.05, 0.1) is 6.10 Å². The summed E-state index contributed by atoms with van der Waals surface area (Å²) in [5.41, 5.74) is 5.39. The highest BCUT2D eigenvalue weighted by Gasteiger charge is 2.07. The summed E-state index contributed by atoms with van der Waals surface area (Å²) in [7, 11) is 0. The number of rotatable bonds is 10. The molecule has 0 aromatic carbocycles. The van der Waals surface area contributed by atoms with E-state index in [9.17, 15) is 5.11 Å². The standard InChI is InChI=1S/C12H28N2O/c1-3-5-8-14(9-6-4-2)10-7-12(15)11-13/h12,15H,3-11,13H2,1-2H3.